The number of alkyl halides is 5. The number of halogens is 5. The number of amides is 1. The second-order valence-electron chi connectivity index (χ2n) is 10.0. The quantitative estimate of drug-likeness (QED) is 0.261. The molecule has 228 valence electrons. The number of carboxylic acids is 1. The van der Waals surface area contributed by atoms with Gasteiger partial charge in [0.15, 0.2) is 17.2 Å². The molecule has 4 aromatic rings. The van der Waals surface area contributed by atoms with Crippen molar-refractivity contribution < 1.29 is 50.9 Å². The van der Waals surface area contributed by atoms with E-state index in [4.69, 9.17) is 9.84 Å². The zero-order valence-electron chi connectivity index (χ0n) is 22.6. The van der Waals surface area contributed by atoms with Gasteiger partial charge in [0, 0.05) is 23.7 Å². The molecule has 0 spiro atoms. The van der Waals surface area contributed by atoms with Gasteiger partial charge >= 0.3 is 18.4 Å². The summed E-state index contributed by atoms with van der Waals surface area (Å²) in [6.07, 6.45) is -6.53. The summed E-state index contributed by atoms with van der Waals surface area (Å²) in [5.74, 6) is -2.13. The molecule has 1 amide bonds. The highest BCUT2D eigenvalue weighted by Crippen LogP contribution is 2.43. The second-order valence-corrected chi connectivity index (χ2v) is 10.0. The number of carboxylic acid groups (broad SMARTS) is 1. The second kappa shape index (κ2) is 10.5. The third kappa shape index (κ3) is 5.36. The number of aromatic nitrogens is 3. The van der Waals surface area contributed by atoms with Crippen molar-refractivity contribution in [2.24, 2.45) is 0 Å². The van der Waals surface area contributed by atoms with E-state index in [1.165, 1.54) is 65.8 Å². The standard InChI is InChI=1S/C29H21F5N4O6/c1-15(18-8-9-22-23(11-18)44-29(33,34)43-22)42-20-12-19(13-35-14-20)38-25-21(24(36-38)28(30,31)32)3-2-10-37(25)26(39)16-4-6-17(7-5-16)27(40)41/h4-9,11-15H,2-3,10H2,1H3,(H,40,41)/t15-/m0/s1. The summed E-state index contributed by atoms with van der Waals surface area (Å²) in [6, 6.07) is 10.6. The summed E-state index contributed by atoms with van der Waals surface area (Å²) in [5.41, 5.74) is -0.792. The normalized spacial score (nSPS) is 15.9. The van der Waals surface area contributed by atoms with Gasteiger partial charge in [0.2, 0.25) is 0 Å². The summed E-state index contributed by atoms with van der Waals surface area (Å²) < 4.78 is 85.0. The van der Waals surface area contributed by atoms with Crippen LogP contribution in [0, 0.1) is 0 Å². The molecule has 0 saturated heterocycles. The monoisotopic (exact) mass is 616 g/mol. The van der Waals surface area contributed by atoms with Gasteiger partial charge in [0.25, 0.3) is 5.91 Å². The summed E-state index contributed by atoms with van der Waals surface area (Å²) in [5, 5.41) is 13.0. The number of nitrogens with zero attached hydrogens (tertiary/aromatic N) is 4. The maximum atomic E-state index is 14.1. The minimum atomic E-state index is -4.82. The number of hydrogen-bond donors (Lipinski definition) is 1. The number of benzene rings is 2. The molecule has 0 aliphatic carbocycles. The smallest absolute Gasteiger partial charge is 0.484 e. The zero-order valence-corrected chi connectivity index (χ0v) is 22.6. The molecule has 2 aromatic carbocycles. The topological polar surface area (TPSA) is 116 Å². The fraction of sp³-hybridized carbons (Fsp3) is 0.241. The van der Waals surface area contributed by atoms with Crippen LogP contribution < -0.4 is 19.1 Å². The van der Waals surface area contributed by atoms with Crippen LogP contribution in [-0.4, -0.2) is 44.6 Å². The van der Waals surface area contributed by atoms with Gasteiger partial charge in [-0.3, -0.25) is 14.7 Å². The lowest BCUT2D eigenvalue weighted by Crippen LogP contribution is -2.37. The van der Waals surface area contributed by atoms with Crippen LogP contribution in [0.15, 0.2) is 60.9 Å². The number of aromatic carboxylic acids is 1. The Morgan fingerprint density at radius 1 is 1.02 bits per heavy atom. The SMILES string of the molecule is C[C@H](Oc1cncc(-n2nc(C(F)(F)F)c3c2N(C(=O)c2ccc(C(=O)O)cc2)CCC3)c1)c1ccc2c(c1)OC(F)(F)O2. The molecule has 2 aromatic heterocycles. The first-order valence-corrected chi connectivity index (χ1v) is 13.2. The van der Waals surface area contributed by atoms with Gasteiger partial charge in [0.05, 0.1) is 23.6 Å². The van der Waals surface area contributed by atoms with E-state index in [2.05, 4.69) is 19.6 Å². The molecule has 44 heavy (non-hydrogen) atoms. The van der Waals surface area contributed by atoms with Crippen LogP contribution in [0.1, 0.15) is 57.0 Å². The number of rotatable bonds is 6. The van der Waals surface area contributed by atoms with Crippen LogP contribution in [-0.2, 0) is 12.6 Å². The van der Waals surface area contributed by atoms with E-state index in [-0.39, 0.29) is 64.8 Å². The molecule has 2 aliphatic rings. The summed E-state index contributed by atoms with van der Waals surface area (Å²) in [6.45, 7) is 1.70. The van der Waals surface area contributed by atoms with Crippen LogP contribution in [0.5, 0.6) is 17.2 Å². The van der Waals surface area contributed by atoms with Crippen molar-refractivity contribution in [3.05, 3.63) is 88.9 Å². The number of ether oxygens (including phenoxy) is 3. The fourth-order valence-electron chi connectivity index (χ4n) is 5.06. The molecular formula is C29H21F5N4O6. The van der Waals surface area contributed by atoms with Crippen LogP contribution in [0.25, 0.3) is 5.69 Å². The Morgan fingerprint density at radius 3 is 2.43 bits per heavy atom. The van der Waals surface area contributed by atoms with Crippen LogP contribution in [0.4, 0.5) is 27.8 Å². The lowest BCUT2D eigenvalue weighted by Gasteiger charge is -2.29. The minimum absolute atomic E-state index is 0.00964. The van der Waals surface area contributed by atoms with Crippen LogP contribution in [0.2, 0.25) is 0 Å². The average Bonchev–Trinajstić information content (AvgIpc) is 3.53. The molecule has 0 saturated carbocycles. The molecular weight excluding hydrogens is 595 g/mol. The highest BCUT2D eigenvalue weighted by Gasteiger charge is 2.44. The highest BCUT2D eigenvalue weighted by molar-refractivity contribution is 6.07. The Labute approximate surface area is 245 Å². The summed E-state index contributed by atoms with van der Waals surface area (Å²) in [7, 11) is 0. The van der Waals surface area contributed by atoms with Crippen molar-refractivity contribution in [3.63, 3.8) is 0 Å². The summed E-state index contributed by atoms with van der Waals surface area (Å²) in [4.78, 5) is 30.0. The van der Waals surface area contributed by atoms with Crippen molar-refractivity contribution in [2.45, 2.75) is 38.3 Å². The lowest BCUT2D eigenvalue weighted by molar-refractivity contribution is -0.286. The maximum absolute atomic E-state index is 14.1. The van der Waals surface area contributed by atoms with Gasteiger partial charge < -0.3 is 19.3 Å². The largest absolute Gasteiger partial charge is 0.586 e. The van der Waals surface area contributed by atoms with E-state index in [1.54, 1.807) is 6.92 Å². The fourth-order valence-corrected chi connectivity index (χ4v) is 5.06. The predicted molar refractivity (Wildman–Crippen MR) is 141 cm³/mol. The molecule has 6 rings (SSSR count). The van der Waals surface area contributed by atoms with Crippen molar-refractivity contribution in [1.82, 2.24) is 14.8 Å². The molecule has 1 atom stereocenters. The van der Waals surface area contributed by atoms with Gasteiger partial charge in [-0.2, -0.15) is 18.3 Å². The third-order valence-corrected chi connectivity index (χ3v) is 7.06. The zero-order chi connectivity index (χ0) is 31.4. The Balaban J connectivity index is 1.34. The number of anilines is 1. The molecule has 15 heteroatoms. The number of pyridine rings is 1. The molecule has 0 fully saturated rings. The average molecular weight is 616 g/mol. The first kappa shape index (κ1) is 28.9. The first-order chi connectivity index (χ1) is 20.8. The minimum Gasteiger partial charge on any atom is -0.484 e. The van der Waals surface area contributed by atoms with E-state index in [1.807, 2.05) is 0 Å². The summed E-state index contributed by atoms with van der Waals surface area (Å²) >= 11 is 0. The van der Waals surface area contributed by atoms with Gasteiger partial charge in [-0.25, -0.2) is 9.48 Å². The molecule has 0 radical (unpaired) electrons. The lowest BCUT2D eigenvalue weighted by atomic mass is 10.0. The van der Waals surface area contributed by atoms with Crippen LogP contribution in [0.3, 0.4) is 0 Å². The molecule has 2 aliphatic heterocycles. The van der Waals surface area contributed by atoms with E-state index >= 15 is 0 Å². The van der Waals surface area contributed by atoms with E-state index < -0.39 is 36.1 Å². The third-order valence-electron chi connectivity index (χ3n) is 7.06. The number of carbonyl (C=O) groups excluding carboxylic acids is 1. The number of carbonyl (C=O) groups is 2. The number of hydrogen-bond acceptors (Lipinski definition) is 7. The van der Waals surface area contributed by atoms with Crippen molar-refractivity contribution in [2.75, 3.05) is 11.4 Å². The predicted octanol–water partition coefficient (Wildman–Crippen LogP) is 6.04. The Morgan fingerprint density at radius 2 is 1.73 bits per heavy atom. The van der Waals surface area contributed by atoms with E-state index in [9.17, 15) is 31.5 Å². The first-order valence-electron chi connectivity index (χ1n) is 13.2. The number of fused-ring (bicyclic) bond motifs is 2. The maximum Gasteiger partial charge on any atom is 0.586 e. The van der Waals surface area contributed by atoms with Crippen LogP contribution >= 0.6 is 0 Å². The molecule has 10 nitrogen and oxygen atoms in total. The molecule has 4 heterocycles. The Bertz CT molecular complexity index is 1770. The van der Waals surface area contributed by atoms with Gasteiger partial charge in [0.1, 0.15) is 17.7 Å². The molecule has 0 bridgehead atoms. The Hall–Kier alpha value is -5.21. The van der Waals surface area contributed by atoms with Gasteiger partial charge in [-0.15, -0.1) is 8.78 Å². The highest BCUT2D eigenvalue weighted by atomic mass is 19.4. The van der Waals surface area contributed by atoms with E-state index in [0.29, 0.717) is 5.56 Å². The molecule has 1 N–H and O–H groups in total. The van der Waals surface area contributed by atoms with Gasteiger partial charge in [-0.1, -0.05) is 6.07 Å². The Kier molecular flexibility index (Phi) is 6.89. The van der Waals surface area contributed by atoms with Gasteiger partial charge in [-0.05, 0) is 61.7 Å². The molecule has 0 unspecified atom stereocenters. The van der Waals surface area contributed by atoms with Crippen molar-refractivity contribution >= 4 is 17.7 Å². The van der Waals surface area contributed by atoms with Crippen molar-refractivity contribution in [3.8, 4) is 22.9 Å². The van der Waals surface area contributed by atoms with E-state index in [0.717, 1.165) is 4.68 Å². The van der Waals surface area contributed by atoms with Crippen molar-refractivity contribution in [1.29, 1.82) is 0 Å².